The Labute approximate surface area is 42.3 Å². The summed E-state index contributed by atoms with van der Waals surface area (Å²) in [6.07, 6.45) is 0.995. The lowest BCUT2D eigenvalue weighted by Crippen LogP contribution is -1.87. The van der Waals surface area contributed by atoms with Crippen molar-refractivity contribution < 1.29 is 4.74 Å². The number of ether oxygens (including phenoxy) is 1. The van der Waals surface area contributed by atoms with E-state index in [2.05, 4.69) is 0 Å². The molecule has 1 nitrogen and oxygen atoms in total. The minimum Gasteiger partial charge on any atom is -0.376 e. The van der Waals surface area contributed by atoms with Gasteiger partial charge in [0.2, 0.25) is 0 Å². The largest absolute Gasteiger partial charge is 0.376 e. The second-order valence-corrected chi connectivity index (χ2v) is 1.92. The van der Waals surface area contributed by atoms with Crippen LogP contribution < -0.4 is 0 Å². The van der Waals surface area contributed by atoms with Gasteiger partial charge in [0, 0.05) is 11.3 Å². The number of hydrogen-bond donors (Lipinski definition) is 0. The van der Waals surface area contributed by atoms with Crippen molar-refractivity contribution in [2.24, 2.45) is 0 Å². The van der Waals surface area contributed by atoms with E-state index in [1.165, 1.54) is 0 Å². The van der Waals surface area contributed by atoms with Gasteiger partial charge in [0.1, 0.15) is 0 Å². The molecule has 1 rings (SSSR count). The summed E-state index contributed by atoms with van der Waals surface area (Å²) in [4.78, 5) is 1.06. The van der Waals surface area contributed by atoms with Crippen LogP contribution in [0.4, 0.5) is 0 Å². The molecule has 0 saturated carbocycles. The summed E-state index contributed by atoms with van der Waals surface area (Å²) in [5.74, 6) is 0. The highest BCUT2D eigenvalue weighted by atomic mass is 32.1. The molecule has 34 valence electrons. The van der Waals surface area contributed by atoms with Gasteiger partial charge in [0.25, 0.3) is 0 Å². The van der Waals surface area contributed by atoms with Crippen molar-refractivity contribution in [2.45, 2.75) is 6.42 Å². The number of rotatable bonds is 0. The molecule has 0 atom stereocenters. The van der Waals surface area contributed by atoms with Gasteiger partial charge < -0.3 is 4.74 Å². The predicted molar refractivity (Wildman–Crippen MR) is 28.0 cm³/mol. The highest BCUT2D eigenvalue weighted by molar-refractivity contribution is 7.80. The van der Waals surface area contributed by atoms with Crippen molar-refractivity contribution in [1.29, 1.82) is 0 Å². The maximum atomic E-state index is 4.92. The molecule has 2 heteroatoms. The van der Waals surface area contributed by atoms with Gasteiger partial charge in [-0.3, -0.25) is 0 Å². The second-order valence-electron chi connectivity index (χ2n) is 1.34. The summed E-state index contributed by atoms with van der Waals surface area (Å²) in [7, 11) is 0. The fourth-order valence-electron chi connectivity index (χ4n) is 0.444. The van der Waals surface area contributed by atoms with Crippen LogP contribution in [-0.4, -0.2) is 18.1 Å². The highest BCUT2D eigenvalue weighted by Gasteiger charge is 2.03. The van der Waals surface area contributed by atoms with Crippen molar-refractivity contribution in [3.05, 3.63) is 0 Å². The zero-order valence-electron chi connectivity index (χ0n) is 3.44. The first kappa shape index (κ1) is 4.22. The van der Waals surface area contributed by atoms with Crippen molar-refractivity contribution in [3.8, 4) is 0 Å². The highest BCUT2D eigenvalue weighted by Crippen LogP contribution is 1.97. The molecule has 1 saturated heterocycles. The first-order chi connectivity index (χ1) is 2.89. The minimum atomic E-state index is 0.718. The fourth-order valence-corrected chi connectivity index (χ4v) is 0.611. The predicted octanol–water partition coefficient (Wildman–Crippen LogP) is 0.777. The van der Waals surface area contributed by atoms with Crippen LogP contribution in [0.15, 0.2) is 0 Å². The lowest BCUT2D eigenvalue weighted by atomic mass is 10.4. The molecule has 1 heterocycles. The molecular formula is C4H6OS. The maximum Gasteiger partial charge on any atom is 0.0780 e. The Bertz CT molecular complexity index is 61.9. The molecule has 0 bridgehead atoms. The van der Waals surface area contributed by atoms with E-state index in [1.54, 1.807) is 0 Å². The van der Waals surface area contributed by atoms with Gasteiger partial charge in [-0.25, -0.2) is 0 Å². The normalized spacial score (nSPS) is 22.3. The SMILES string of the molecule is S=C1CCOC1. The van der Waals surface area contributed by atoms with Crippen LogP contribution in [0.3, 0.4) is 0 Å². The molecule has 0 amide bonds. The van der Waals surface area contributed by atoms with E-state index in [0.717, 1.165) is 24.5 Å². The molecule has 0 aromatic heterocycles. The van der Waals surface area contributed by atoms with Gasteiger partial charge in [-0.05, 0) is 0 Å². The molecular weight excluding hydrogens is 96.1 g/mol. The van der Waals surface area contributed by atoms with Crippen molar-refractivity contribution >= 4 is 17.1 Å². The minimum absolute atomic E-state index is 0.718. The summed E-state index contributed by atoms with van der Waals surface area (Å²) < 4.78 is 4.92. The molecule has 6 heavy (non-hydrogen) atoms. The van der Waals surface area contributed by atoms with Crippen LogP contribution in [-0.2, 0) is 4.74 Å². The summed E-state index contributed by atoms with van der Waals surface area (Å²) >= 11 is 4.79. The van der Waals surface area contributed by atoms with E-state index < -0.39 is 0 Å². The Morgan fingerprint density at radius 3 is 2.67 bits per heavy atom. The van der Waals surface area contributed by atoms with Crippen LogP contribution in [0, 0.1) is 0 Å². The molecule has 0 aromatic rings. The molecule has 1 aliphatic heterocycles. The molecule has 0 aliphatic carbocycles. The number of hydrogen-bond acceptors (Lipinski definition) is 2. The molecule has 1 aliphatic rings. The van der Waals surface area contributed by atoms with E-state index in [4.69, 9.17) is 17.0 Å². The van der Waals surface area contributed by atoms with E-state index >= 15 is 0 Å². The molecule has 0 N–H and O–H groups in total. The lowest BCUT2D eigenvalue weighted by Gasteiger charge is -1.77. The lowest BCUT2D eigenvalue weighted by molar-refractivity contribution is 0.209. The quantitative estimate of drug-likeness (QED) is 0.418. The molecule has 0 unspecified atom stereocenters. The van der Waals surface area contributed by atoms with Crippen LogP contribution in [0.1, 0.15) is 6.42 Å². The van der Waals surface area contributed by atoms with Crippen LogP contribution in [0.5, 0.6) is 0 Å². The fraction of sp³-hybridized carbons (Fsp3) is 0.750. The Morgan fingerprint density at radius 2 is 2.50 bits per heavy atom. The first-order valence-corrected chi connectivity index (χ1v) is 2.40. The van der Waals surface area contributed by atoms with Crippen molar-refractivity contribution in [3.63, 3.8) is 0 Å². The van der Waals surface area contributed by atoms with E-state index in [9.17, 15) is 0 Å². The summed E-state index contributed by atoms with van der Waals surface area (Å²) in [5, 5.41) is 0. The monoisotopic (exact) mass is 102 g/mol. The van der Waals surface area contributed by atoms with Crippen molar-refractivity contribution in [2.75, 3.05) is 13.2 Å². The van der Waals surface area contributed by atoms with Crippen molar-refractivity contribution in [1.82, 2.24) is 0 Å². The smallest absolute Gasteiger partial charge is 0.0780 e. The third kappa shape index (κ3) is 0.758. The average Bonchev–Trinajstić information content (AvgIpc) is 1.86. The standard InChI is InChI=1S/C4H6OS/c6-4-1-2-5-3-4/h1-3H2. The van der Waals surface area contributed by atoms with E-state index in [0.29, 0.717) is 0 Å². The van der Waals surface area contributed by atoms with Crippen LogP contribution in [0.25, 0.3) is 0 Å². The average molecular weight is 102 g/mol. The van der Waals surface area contributed by atoms with Gasteiger partial charge in [0.05, 0.1) is 13.2 Å². The van der Waals surface area contributed by atoms with Crippen LogP contribution >= 0.6 is 12.2 Å². The number of thiocarbonyl (C=S) groups is 1. The summed E-state index contributed by atoms with van der Waals surface area (Å²) in [6.45, 7) is 1.56. The molecule has 1 fully saturated rings. The topological polar surface area (TPSA) is 9.23 Å². The van der Waals surface area contributed by atoms with Gasteiger partial charge in [-0.15, -0.1) is 0 Å². The Morgan fingerprint density at radius 1 is 1.67 bits per heavy atom. The Hall–Kier alpha value is 0.0500. The van der Waals surface area contributed by atoms with Gasteiger partial charge in [0.15, 0.2) is 0 Å². The first-order valence-electron chi connectivity index (χ1n) is 1.99. The van der Waals surface area contributed by atoms with E-state index in [1.807, 2.05) is 0 Å². The Kier molecular flexibility index (Phi) is 1.17. The third-order valence-corrected chi connectivity index (χ3v) is 1.11. The summed E-state index contributed by atoms with van der Waals surface area (Å²) in [5.41, 5.74) is 0. The second kappa shape index (κ2) is 1.67. The zero-order valence-corrected chi connectivity index (χ0v) is 4.25. The zero-order chi connectivity index (χ0) is 4.41. The molecule has 0 radical (unpaired) electrons. The van der Waals surface area contributed by atoms with E-state index in [-0.39, 0.29) is 0 Å². The molecule has 0 spiro atoms. The van der Waals surface area contributed by atoms with Gasteiger partial charge in [-0.1, -0.05) is 12.2 Å². The Balaban J connectivity index is 2.37. The molecule has 0 aromatic carbocycles. The van der Waals surface area contributed by atoms with Gasteiger partial charge >= 0.3 is 0 Å². The third-order valence-electron chi connectivity index (χ3n) is 0.788. The maximum absolute atomic E-state index is 4.92. The van der Waals surface area contributed by atoms with Gasteiger partial charge in [-0.2, -0.15) is 0 Å². The summed E-state index contributed by atoms with van der Waals surface area (Å²) in [6, 6.07) is 0. The van der Waals surface area contributed by atoms with Crippen LogP contribution in [0.2, 0.25) is 0 Å².